The molecular formula is C18H20N2O5S. The number of thiazole rings is 1. The van der Waals surface area contributed by atoms with E-state index in [0.29, 0.717) is 17.2 Å². The molecule has 1 atom stereocenters. The van der Waals surface area contributed by atoms with Gasteiger partial charge in [0.25, 0.3) is 5.91 Å². The van der Waals surface area contributed by atoms with Crippen LogP contribution in [0.2, 0.25) is 0 Å². The summed E-state index contributed by atoms with van der Waals surface area (Å²) in [4.78, 5) is 39.5. The number of nitrogens with one attached hydrogen (secondary N) is 1. The summed E-state index contributed by atoms with van der Waals surface area (Å²) in [5, 5.41) is 4.53. The molecule has 1 amide bonds. The number of amides is 1. The van der Waals surface area contributed by atoms with Crippen molar-refractivity contribution in [3.63, 3.8) is 0 Å². The van der Waals surface area contributed by atoms with Crippen molar-refractivity contribution in [2.24, 2.45) is 0 Å². The molecule has 0 bridgehead atoms. The summed E-state index contributed by atoms with van der Waals surface area (Å²) in [6, 6.07) is 9.29. The zero-order valence-corrected chi connectivity index (χ0v) is 15.4. The van der Waals surface area contributed by atoms with Gasteiger partial charge in [-0.1, -0.05) is 37.3 Å². The van der Waals surface area contributed by atoms with E-state index in [1.807, 2.05) is 37.3 Å². The van der Waals surface area contributed by atoms with Crippen LogP contribution >= 0.6 is 11.3 Å². The number of carbonyl (C=O) groups excluding carboxylic acids is 3. The van der Waals surface area contributed by atoms with Crippen LogP contribution in [-0.2, 0) is 30.3 Å². The monoisotopic (exact) mass is 376 g/mol. The van der Waals surface area contributed by atoms with E-state index in [2.05, 4.69) is 15.0 Å². The van der Waals surface area contributed by atoms with E-state index in [0.717, 1.165) is 5.56 Å². The van der Waals surface area contributed by atoms with Crippen LogP contribution in [0.3, 0.4) is 0 Å². The normalized spacial score (nSPS) is 11.5. The SMILES string of the molecule is CC[C@H](C(=O)OCC(=O)Nc1nc(CC(=O)OC)cs1)c1ccccc1. The molecule has 1 aromatic carbocycles. The average molecular weight is 376 g/mol. The summed E-state index contributed by atoms with van der Waals surface area (Å²) in [6.45, 7) is 1.49. The van der Waals surface area contributed by atoms with Crippen molar-refractivity contribution in [3.8, 4) is 0 Å². The first-order valence-corrected chi connectivity index (χ1v) is 8.94. The molecule has 8 heteroatoms. The lowest BCUT2D eigenvalue weighted by Crippen LogP contribution is -2.23. The summed E-state index contributed by atoms with van der Waals surface area (Å²) in [6.07, 6.45) is 0.612. The Labute approximate surface area is 155 Å². The number of carbonyl (C=O) groups is 3. The molecule has 2 rings (SSSR count). The van der Waals surface area contributed by atoms with Crippen LogP contribution in [-0.4, -0.2) is 36.5 Å². The number of aromatic nitrogens is 1. The molecule has 0 aliphatic heterocycles. The lowest BCUT2D eigenvalue weighted by molar-refractivity contribution is -0.149. The molecular weight excluding hydrogens is 356 g/mol. The summed E-state index contributed by atoms with van der Waals surface area (Å²) in [7, 11) is 1.30. The number of methoxy groups -OCH3 is 1. The third kappa shape index (κ3) is 5.66. The van der Waals surface area contributed by atoms with E-state index >= 15 is 0 Å². The molecule has 0 unspecified atom stereocenters. The van der Waals surface area contributed by atoms with Gasteiger partial charge in [-0.05, 0) is 12.0 Å². The number of hydrogen-bond acceptors (Lipinski definition) is 7. The van der Waals surface area contributed by atoms with E-state index in [1.165, 1.54) is 18.4 Å². The first kappa shape index (κ1) is 19.6. The number of ether oxygens (including phenoxy) is 2. The van der Waals surface area contributed by atoms with E-state index < -0.39 is 30.4 Å². The minimum absolute atomic E-state index is 0.0348. The second-order valence-corrected chi connectivity index (χ2v) is 6.28. The van der Waals surface area contributed by atoms with Gasteiger partial charge in [0, 0.05) is 5.38 Å². The van der Waals surface area contributed by atoms with Gasteiger partial charge >= 0.3 is 11.9 Å². The molecule has 0 radical (unpaired) electrons. The van der Waals surface area contributed by atoms with Crippen LogP contribution in [0.15, 0.2) is 35.7 Å². The Morgan fingerprint density at radius 3 is 2.62 bits per heavy atom. The summed E-state index contributed by atoms with van der Waals surface area (Å²) >= 11 is 1.18. The van der Waals surface area contributed by atoms with Gasteiger partial charge < -0.3 is 9.47 Å². The fourth-order valence-electron chi connectivity index (χ4n) is 2.28. The van der Waals surface area contributed by atoms with Crippen molar-refractivity contribution >= 4 is 34.3 Å². The highest BCUT2D eigenvalue weighted by Crippen LogP contribution is 2.21. The Morgan fingerprint density at radius 2 is 1.96 bits per heavy atom. The molecule has 7 nitrogen and oxygen atoms in total. The number of nitrogens with zero attached hydrogens (tertiary/aromatic N) is 1. The van der Waals surface area contributed by atoms with Gasteiger partial charge in [0.1, 0.15) is 0 Å². The number of hydrogen-bond donors (Lipinski definition) is 1. The van der Waals surface area contributed by atoms with Crippen molar-refractivity contribution < 1.29 is 23.9 Å². The molecule has 1 aromatic heterocycles. The molecule has 1 heterocycles. The minimum Gasteiger partial charge on any atom is -0.469 e. The van der Waals surface area contributed by atoms with Crippen LogP contribution < -0.4 is 5.32 Å². The molecule has 2 aromatic rings. The van der Waals surface area contributed by atoms with Crippen molar-refractivity contribution in [1.29, 1.82) is 0 Å². The van der Waals surface area contributed by atoms with Crippen LogP contribution in [0.5, 0.6) is 0 Å². The Balaban J connectivity index is 1.84. The fraction of sp³-hybridized carbons (Fsp3) is 0.333. The van der Waals surface area contributed by atoms with Crippen LogP contribution in [0, 0.1) is 0 Å². The fourth-order valence-corrected chi connectivity index (χ4v) is 3.01. The molecule has 0 spiro atoms. The van der Waals surface area contributed by atoms with Gasteiger partial charge in [-0.3, -0.25) is 19.7 Å². The molecule has 0 saturated heterocycles. The van der Waals surface area contributed by atoms with Crippen molar-refractivity contribution in [1.82, 2.24) is 4.98 Å². The Morgan fingerprint density at radius 1 is 1.23 bits per heavy atom. The number of esters is 2. The number of rotatable bonds is 8. The summed E-state index contributed by atoms with van der Waals surface area (Å²) in [5.41, 5.74) is 1.36. The van der Waals surface area contributed by atoms with Gasteiger partial charge in [-0.15, -0.1) is 11.3 Å². The van der Waals surface area contributed by atoms with Crippen LogP contribution in [0.25, 0.3) is 0 Å². The van der Waals surface area contributed by atoms with Crippen LogP contribution in [0.1, 0.15) is 30.5 Å². The zero-order valence-electron chi connectivity index (χ0n) is 14.6. The topological polar surface area (TPSA) is 94.6 Å². The predicted molar refractivity (Wildman–Crippen MR) is 96.9 cm³/mol. The van der Waals surface area contributed by atoms with E-state index in [1.54, 1.807) is 5.38 Å². The predicted octanol–water partition coefficient (Wildman–Crippen LogP) is 2.53. The number of benzene rings is 1. The second kappa shape index (κ2) is 9.67. The molecule has 1 N–H and O–H groups in total. The molecule has 0 fully saturated rings. The number of anilines is 1. The highest BCUT2D eigenvalue weighted by atomic mass is 32.1. The van der Waals surface area contributed by atoms with E-state index in [-0.39, 0.29) is 6.42 Å². The standard InChI is InChI=1S/C18H20N2O5S/c1-3-14(12-7-5-4-6-8-12)17(23)25-10-15(21)20-18-19-13(11-26-18)9-16(22)24-2/h4-8,11,14H,3,9-10H2,1-2H3,(H,19,20,21)/t14-/m0/s1. The molecule has 0 aliphatic carbocycles. The first-order valence-electron chi connectivity index (χ1n) is 8.06. The van der Waals surface area contributed by atoms with Gasteiger partial charge in [-0.2, -0.15) is 0 Å². The molecule has 0 saturated carbocycles. The average Bonchev–Trinajstić information content (AvgIpc) is 3.08. The highest BCUT2D eigenvalue weighted by Gasteiger charge is 2.21. The quantitative estimate of drug-likeness (QED) is 0.712. The Kier molecular flexibility index (Phi) is 7.28. The maximum absolute atomic E-state index is 12.2. The third-order valence-corrected chi connectivity index (χ3v) is 4.40. The zero-order chi connectivity index (χ0) is 18.9. The van der Waals surface area contributed by atoms with Crippen LogP contribution in [0.4, 0.5) is 5.13 Å². The second-order valence-electron chi connectivity index (χ2n) is 5.42. The molecule has 0 aliphatic rings. The molecule has 26 heavy (non-hydrogen) atoms. The minimum atomic E-state index is -0.486. The maximum atomic E-state index is 12.2. The molecule has 138 valence electrons. The maximum Gasteiger partial charge on any atom is 0.313 e. The smallest absolute Gasteiger partial charge is 0.313 e. The van der Waals surface area contributed by atoms with Crippen molar-refractivity contribution in [2.75, 3.05) is 19.0 Å². The third-order valence-electron chi connectivity index (χ3n) is 3.59. The van der Waals surface area contributed by atoms with Gasteiger partial charge in [0.15, 0.2) is 11.7 Å². The first-order chi connectivity index (χ1) is 12.5. The lowest BCUT2D eigenvalue weighted by atomic mass is 9.97. The van der Waals surface area contributed by atoms with Crippen molar-refractivity contribution in [2.45, 2.75) is 25.7 Å². The highest BCUT2D eigenvalue weighted by molar-refractivity contribution is 7.13. The summed E-state index contributed by atoms with van der Waals surface area (Å²) in [5.74, 6) is -1.75. The van der Waals surface area contributed by atoms with Gasteiger partial charge in [0.2, 0.25) is 0 Å². The lowest BCUT2D eigenvalue weighted by Gasteiger charge is -2.14. The van der Waals surface area contributed by atoms with Gasteiger partial charge in [-0.25, -0.2) is 4.98 Å². The summed E-state index contributed by atoms with van der Waals surface area (Å²) < 4.78 is 9.68. The van der Waals surface area contributed by atoms with Crippen molar-refractivity contribution in [3.05, 3.63) is 47.0 Å². The van der Waals surface area contributed by atoms with E-state index in [9.17, 15) is 14.4 Å². The largest absolute Gasteiger partial charge is 0.469 e. The van der Waals surface area contributed by atoms with Gasteiger partial charge in [0.05, 0.1) is 25.1 Å². The van der Waals surface area contributed by atoms with E-state index in [4.69, 9.17) is 4.74 Å². The Bertz CT molecular complexity index is 760. The Hall–Kier alpha value is -2.74.